The van der Waals surface area contributed by atoms with Crippen LogP contribution in [0.3, 0.4) is 0 Å². The van der Waals surface area contributed by atoms with Crippen molar-refractivity contribution in [3.63, 3.8) is 0 Å². The molecule has 0 atom stereocenters. The number of hydrogen-bond donors (Lipinski definition) is 1. The maximum atomic E-state index is 12.4. The highest BCUT2D eigenvalue weighted by atomic mass is 35.5. The van der Waals surface area contributed by atoms with Crippen LogP contribution in [0.5, 0.6) is 0 Å². The van der Waals surface area contributed by atoms with Gasteiger partial charge in [-0.1, -0.05) is 12.1 Å². The molecule has 138 valence electrons. The lowest BCUT2D eigenvalue weighted by molar-refractivity contribution is -0.136. The summed E-state index contributed by atoms with van der Waals surface area (Å²) in [6, 6.07) is 7.51. The fourth-order valence-electron chi connectivity index (χ4n) is 3.65. The molecule has 3 rings (SSSR count). The van der Waals surface area contributed by atoms with E-state index < -0.39 is 0 Å². The molecular formula is C19H28ClN3O2. The Morgan fingerprint density at radius 2 is 1.76 bits per heavy atom. The summed E-state index contributed by atoms with van der Waals surface area (Å²) in [6.07, 6.45) is 5.31. The number of nitrogens with two attached hydrogens (primary N) is 1. The third-order valence-electron chi connectivity index (χ3n) is 5.20. The highest BCUT2D eigenvalue weighted by molar-refractivity contribution is 5.85. The second kappa shape index (κ2) is 9.09. The second-order valence-electron chi connectivity index (χ2n) is 7.04. The van der Waals surface area contributed by atoms with Crippen LogP contribution in [0, 0.1) is 5.92 Å². The average Bonchev–Trinajstić information content (AvgIpc) is 2.59. The van der Waals surface area contributed by atoms with Crippen molar-refractivity contribution in [1.29, 1.82) is 0 Å². The number of nitrogen functional groups attached to an aromatic ring is 1. The number of nitrogens with zero attached hydrogens (tertiary/aromatic N) is 2. The van der Waals surface area contributed by atoms with Crippen LogP contribution in [0.1, 0.15) is 37.7 Å². The molecule has 0 radical (unpaired) electrons. The molecule has 2 saturated heterocycles. The number of amides is 2. The van der Waals surface area contributed by atoms with Crippen LogP contribution in [0.15, 0.2) is 24.3 Å². The van der Waals surface area contributed by atoms with Crippen LogP contribution in [-0.4, -0.2) is 47.8 Å². The minimum absolute atomic E-state index is 0. The number of hydrogen-bond acceptors (Lipinski definition) is 3. The molecule has 6 heteroatoms. The lowest BCUT2D eigenvalue weighted by atomic mass is 9.94. The maximum absolute atomic E-state index is 12.4. The van der Waals surface area contributed by atoms with Gasteiger partial charge in [-0.05, 0) is 49.3 Å². The van der Waals surface area contributed by atoms with E-state index >= 15 is 0 Å². The summed E-state index contributed by atoms with van der Waals surface area (Å²) < 4.78 is 0. The Bertz CT molecular complexity index is 583. The number of anilines is 1. The van der Waals surface area contributed by atoms with Gasteiger partial charge in [0.15, 0.2) is 0 Å². The number of rotatable bonds is 4. The molecule has 0 spiro atoms. The van der Waals surface area contributed by atoms with Crippen LogP contribution in [0.4, 0.5) is 5.69 Å². The van der Waals surface area contributed by atoms with Gasteiger partial charge in [-0.3, -0.25) is 9.59 Å². The Morgan fingerprint density at radius 3 is 2.40 bits per heavy atom. The van der Waals surface area contributed by atoms with Gasteiger partial charge in [-0.25, -0.2) is 0 Å². The number of halogens is 1. The molecule has 0 aliphatic carbocycles. The first-order valence-electron chi connectivity index (χ1n) is 9.02. The molecule has 2 amide bonds. The lowest BCUT2D eigenvalue weighted by Gasteiger charge is -2.36. The molecule has 0 unspecified atom stereocenters. The van der Waals surface area contributed by atoms with Gasteiger partial charge in [0, 0.05) is 38.3 Å². The van der Waals surface area contributed by atoms with Crippen LogP contribution in [0.25, 0.3) is 0 Å². The summed E-state index contributed by atoms with van der Waals surface area (Å²) in [5.41, 5.74) is 7.41. The summed E-state index contributed by atoms with van der Waals surface area (Å²) >= 11 is 0. The molecule has 1 aromatic carbocycles. The van der Waals surface area contributed by atoms with Crippen LogP contribution in [0.2, 0.25) is 0 Å². The van der Waals surface area contributed by atoms with Crippen LogP contribution in [-0.2, 0) is 16.0 Å². The molecule has 0 bridgehead atoms. The zero-order chi connectivity index (χ0) is 16.9. The van der Waals surface area contributed by atoms with Gasteiger partial charge in [-0.15, -0.1) is 12.4 Å². The maximum Gasteiger partial charge on any atom is 0.226 e. The first-order chi connectivity index (χ1) is 11.6. The molecule has 2 heterocycles. The molecule has 0 saturated carbocycles. The number of benzene rings is 1. The Labute approximate surface area is 155 Å². The molecule has 25 heavy (non-hydrogen) atoms. The third-order valence-corrected chi connectivity index (χ3v) is 5.20. The molecule has 5 nitrogen and oxygen atoms in total. The highest BCUT2D eigenvalue weighted by Crippen LogP contribution is 2.21. The Balaban J connectivity index is 0.00000225. The summed E-state index contributed by atoms with van der Waals surface area (Å²) in [5, 5.41) is 0. The summed E-state index contributed by atoms with van der Waals surface area (Å²) in [4.78, 5) is 28.3. The van der Waals surface area contributed by atoms with Crippen LogP contribution >= 0.6 is 12.4 Å². The van der Waals surface area contributed by atoms with E-state index in [1.807, 2.05) is 34.1 Å². The quantitative estimate of drug-likeness (QED) is 0.833. The van der Waals surface area contributed by atoms with Gasteiger partial charge in [0.25, 0.3) is 0 Å². The SMILES string of the molecule is Cl.Nc1ccc(CC(=O)N2CCC(CN3CCCCC3=O)CC2)cc1. The molecule has 1 aromatic rings. The molecule has 2 fully saturated rings. The van der Waals surface area contributed by atoms with E-state index in [1.54, 1.807) is 0 Å². The first kappa shape index (κ1) is 19.6. The van der Waals surface area contributed by atoms with Crippen LogP contribution < -0.4 is 5.73 Å². The van der Waals surface area contributed by atoms with Crippen molar-refractivity contribution in [3.8, 4) is 0 Å². The first-order valence-corrected chi connectivity index (χ1v) is 9.02. The van der Waals surface area contributed by atoms with E-state index in [9.17, 15) is 9.59 Å². The second-order valence-corrected chi connectivity index (χ2v) is 7.04. The Hall–Kier alpha value is -1.75. The van der Waals surface area contributed by atoms with E-state index in [-0.39, 0.29) is 18.3 Å². The van der Waals surface area contributed by atoms with E-state index in [0.29, 0.717) is 24.7 Å². The minimum atomic E-state index is 0. The third kappa shape index (κ3) is 5.36. The van der Waals surface area contributed by atoms with Gasteiger partial charge < -0.3 is 15.5 Å². The smallest absolute Gasteiger partial charge is 0.226 e. The molecule has 2 aliphatic heterocycles. The van der Waals surface area contributed by atoms with Crippen molar-refractivity contribution in [2.24, 2.45) is 5.92 Å². The average molecular weight is 366 g/mol. The molecular weight excluding hydrogens is 338 g/mol. The number of carbonyl (C=O) groups is 2. The van der Waals surface area contributed by atoms with Gasteiger partial charge in [0.05, 0.1) is 6.42 Å². The number of likely N-dealkylation sites (tertiary alicyclic amines) is 2. The van der Waals surface area contributed by atoms with Crippen molar-refractivity contribution in [2.75, 3.05) is 31.9 Å². The molecule has 2 N–H and O–H groups in total. The predicted octanol–water partition coefficient (Wildman–Crippen LogP) is 2.48. The Kier molecular flexibility index (Phi) is 7.12. The van der Waals surface area contributed by atoms with Gasteiger partial charge >= 0.3 is 0 Å². The summed E-state index contributed by atoms with van der Waals surface area (Å²) in [7, 11) is 0. The highest BCUT2D eigenvalue weighted by Gasteiger charge is 2.26. The van der Waals surface area contributed by atoms with Gasteiger partial charge in [0.1, 0.15) is 0 Å². The fourth-order valence-corrected chi connectivity index (χ4v) is 3.65. The molecule has 2 aliphatic rings. The zero-order valence-corrected chi connectivity index (χ0v) is 15.5. The van der Waals surface area contributed by atoms with E-state index in [4.69, 9.17) is 5.73 Å². The van der Waals surface area contributed by atoms with Crippen molar-refractivity contribution < 1.29 is 9.59 Å². The van der Waals surface area contributed by atoms with Crippen molar-refractivity contribution >= 4 is 29.9 Å². The summed E-state index contributed by atoms with van der Waals surface area (Å²) in [5.74, 6) is 1.03. The van der Waals surface area contributed by atoms with Crippen molar-refractivity contribution in [1.82, 2.24) is 9.80 Å². The summed E-state index contributed by atoms with van der Waals surface area (Å²) in [6.45, 7) is 3.40. The normalized spacial score (nSPS) is 18.8. The van der Waals surface area contributed by atoms with Gasteiger partial charge in [0.2, 0.25) is 11.8 Å². The van der Waals surface area contributed by atoms with E-state index in [2.05, 4.69) is 0 Å². The molecule has 0 aromatic heterocycles. The number of carbonyl (C=O) groups excluding carboxylic acids is 2. The predicted molar refractivity (Wildman–Crippen MR) is 102 cm³/mol. The monoisotopic (exact) mass is 365 g/mol. The standard InChI is InChI=1S/C19H27N3O2.ClH/c20-17-6-4-15(5-7-17)13-19(24)21-11-8-16(9-12-21)14-22-10-2-1-3-18(22)23;/h4-7,16H,1-3,8-14,20H2;1H. The van der Waals surface area contributed by atoms with E-state index in [0.717, 1.165) is 63.1 Å². The largest absolute Gasteiger partial charge is 0.399 e. The van der Waals surface area contributed by atoms with Crippen molar-refractivity contribution in [2.45, 2.75) is 38.5 Å². The topological polar surface area (TPSA) is 66.6 Å². The lowest BCUT2D eigenvalue weighted by Crippen LogP contribution is -2.44. The fraction of sp³-hybridized carbons (Fsp3) is 0.579. The van der Waals surface area contributed by atoms with Crippen molar-refractivity contribution in [3.05, 3.63) is 29.8 Å². The van der Waals surface area contributed by atoms with E-state index in [1.165, 1.54) is 0 Å². The zero-order valence-electron chi connectivity index (χ0n) is 14.7. The minimum Gasteiger partial charge on any atom is -0.399 e. The Morgan fingerprint density at radius 1 is 1.08 bits per heavy atom. The number of piperidine rings is 2. The van der Waals surface area contributed by atoms with Gasteiger partial charge in [-0.2, -0.15) is 0 Å².